The fraction of sp³-hybridized carbons (Fsp3) is 0. The molecule has 12 nitrogen and oxygen atoms in total. The summed E-state index contributed by atoms with van der Waals surface area (Å²) in [5.74, 6) is 4.81. The first-order chi connectivity index (χ1) is 71.5. The number of fused-ring (bicyclic) bond motifs is 37. The van der Waals surface area contributed by atoms with Crippen LogP contribution in [0.3, 0.4) is 0 Å². The Morgan fingerprint density at radius 3 is 0.854 bits per heavy atom. The minimum atomic E-state index is 0.708. The van der Waals surface area contributed by atoms with Crippen LogP contribution in [0, 0.1) is 0 Å². The average Bonchev–Trinajstić information content (AvgIpc) is 1.52. The van der Waals surface area contributed by atoms with Gasteiger partial charge in [-0.3, -0.25) is 13.7 Å². The van der Waals surface area contributed by atoms with Gasteiger partial charge in [0, 0.05) is 130 Å². The van der Waals surface area contributed by atoms with Gasteiger partial charge >= 0.3 is 0 Å². The van der Waals surface area contributed by atoms with E-state index in [0.717, 1.165) is 117 Å². The van der Waals surface area contributed by atoms with E-state index in [0.29, 0.717) is 11.6 Å². The van der Waals surface area contributed by atoms with Gasteiger partial charge in [-0.25, -0.2) is 29.9 Å². The second-order valence-corrected chi connectivity index (χ2v) is 38.2. The number of benzene rings is 22. The molecule has 34 aromatic rings. The second-order valence-electron chi connectivity index (χ2n) is 38.2. The van der Waals surface area contributed by atoms with Crippen molar-refractivity contribution < 1.29 is 0 Å². The molecule has 0 aliphatic heterocycles. The monoisotopic (exact) mass is 1830 g/mol. The highest BCUT2D eigenvalue weighted by atomic mass is 15.1. The van der Waals surface area contributed by atoms with Gasteiger partial charge in [0.15, 0.2) is 17.5 Å². The summed E-state index contributed by atoms with van der Waals surface area (Å²) >= 11 is 0. The molecule has 144 heavy (non-hydrogen) atoms. The molecule has 0 atom stereocenters. The van der Waals surface area contributed by atoms with E-state index in [-0.39, 0.29) is 0 Å². The first-order valence-electron chi connectivity index (χ1n) is 49.1. The van der Waals surface area contributed by atoms with Gasteiger partial charge in [0.2, 0.25) is 0 Å². The molecule has 34 rings (SSSR count). The van der Waals surface area contributed by atoms with Crippen molar-refractivity contribution in [2.45, 2.75) is 0 Å². The van der Waals surface area contributed by atoms with Crippen LogP contribution in [0.5, 0.6) is 0 Å². The smallest absolute Gasteiger partial charge is 0.162 e. The molecule has 12 heteroatoms. The van der Waals surface area contributed by atoms with E-state index < -0.39 is 0 Å². The van der Waals surface area contributed by atoms with Crippen molar-refractivity contribution in [2.75, 3.05) is 0 Å². The Morgan fingerprint density at radius 1 is 0.139 bits per heavy atom. The Hall–Kier alpha value is -19.6. The summed E-state index contributed by atoms with van der Waals surface area (Å²) < 4.78 is 14.5. The van der Waals surface area contributed by atoms with Crippen LogP contribution in [0.2, 0.25) is 0 Å². The summed E-state index contributed by atoms with van der Waals surface area (Å²) in [6, 6.07) is 165. The average molecular weight is 1830 g/mol. The van der Waals surface area contributed by atoms with Crippen molar-refractivity contribution in [3.63, 3.8) is 0 Å². The lowest BCUT2D eigenvalue weighted by Gasteiger charge is -2.13. The van der Waals surface area contributed by atoms with Gasteiger partial charge in [0.25, 0.3) is 0 Å². The molecule has 0 bridgehead atoms. The highest BCUT2D eigenvalue weighted by Crippen LogP contribution is 2.53. The van der Waals surface area contributed by atoms with Crippen LogP contribution in [0.15, 0.2) is 461 Å². The molecular formula is C132H76N12. The third kappa shape index (κ3) is 11.0. The minimum Gasteiger partial charge on any atom is -0.308 e. The SMILES string of the molecule is c1ccc(-c2cccc(-c3nc(-n4c5ccccc5c5c6c7ccccc7n7c8ccccc8c(cc54)c67)c4ccccc4n3)c2)cc1.c1ccc2c(-c3nc(-n4c5ccccc5c5c6c7ccccc7n7c8ccccc8c(cc54)c67)c4ccccc4n3)cccc2c1.c1ccc2c(c1)ccc1cc(-c3nc(-n4c5ccccc5c5c6c7ccccc7n7c8ccccc8c(cc54)c67)c4ccccc4n3)ccc12. The lowest BCUT2D eigenvalue weighted by Crippen LogP contribution is -2.03. The zero-order valence-corrected chi connectivity index (χ0v) is 77.2. The quantitative estimate of drug-likeness (QED) is 0.147. The highest BCUT2D eigenvalue weighted by Gasteiger charge is 2.32. The topological polar surface area (TPSA) is 105 Å². The lowest BCUT2D eigenvalue weighted by atomic mass is 10.00. The standard InChI is InChI=1S/C46H26N4.C44H26N4.C42H24N4/c1-2-12-30-27(11-1)21-22-28-25-29(23-24-31(28)30)45-47-37-17-7-3-14-33(37)46(48-45)50-40-20-10-5-15-34(40)42-41(50)26-36-32-13-4-8-18-38(32)49-39-19-9-6-16-35(39)43(42)44(36)49;1-2-13-27(14-3-1)28-15-12-16-29(25-28)43-45-35-21-8-4-18-31(35)44(46-43)48-38-24-11-6-19-32(38)40-39(48)26-34-30-17-5-9-22-36(30)47-37-23-10-7-20-33(37)41(40)42(34)47;1-2-14-26-25(12-1)13-11-19-28(26)41-43-33-20-7-3-16-29(33)42(44-41)46-36-23-10-5-17-30(36)38-37(46)24-32-27-15-4-8-21-34(27)45-35-22-9-6-18-31(35)39(38)40(32)45/h1-26H;1-26H;1-24H. The summed E-state index contributed by atoms with van der Waals surface area (Å²) in [6.45, 7) is 0. The van der Waals surface area contributed by atoms with E-state index in [2.05, 4.69) is 482 Å². The fourth-order valence-corrected chi connectivity index (χ4v) is 24.7. The third-order valence-electron chi connectivity index (χ3n) is 30.7. The first kappa shape index (κ1) is 78.5. The van der Waals surface area contributed by atoms with Crippen molar-refractivity contribution in [3.8, 4) is 62.7 Å². The number of aromatic nitrogens is 12. The predicted molar refractivity (Wildman–Crippen MR) is 600 cm³/mol. The van der Waals surface area contributed by atoms with Gasteiger partial charge in [-0.2, -0.15) is 0 Å². The number of rotatable bonds is 7. The molecule has 12 aromatic heterocycles. The first-order valence-corrected chi connectivity index (χ1v) is 49.1. The van der Waals surface area contributed by atoms with Crippen LogP contribution in [0.4, 0.5) is 0 Å². The fourth-order valence-electron chi connectivity index (χ4n) is 24.7. The number of hydrogen-bond acceptors (Lipinski definition) is 6. The molecule has 12 heterocycles. The van der Waals surface area contributed by atoms with Gasteiger partial charge in [-0.15, -0.1) is 0 Å². The summed E-state index contributed by atoms with van der Waals surface area (Å²) in [6.07, 6.45) is 0. The predicted octanol–water partition coefficient (Wildman–Crippen LogP) is 33.8. The molecule has 0 amide bonds. The number of nitrogens with zero attached hydrogens (tertiary/aromatic N) is 12. The van der Waals surface area contributed by atoms with Crippen LogP contribution < -0.4 is 0 Å². The Labute approximate surface area is 819 Å². The van der Waals surface area contributed by atoms with E-state index in [1.165, 1.54) is 179 Å². The molecule has 664 valence electrons. The maximum absolute atomic E-state index is 5.47. The van der Waals surface area contributed by atoms with Crippen LogP contribution in [-0.4, -0.2) is 56.8 Å². The zero-order chi connectivity index (χ0) is 93.8. The van der Waals surface area contributed by atoms with E-state index in [1.807, 2.05) is 6.07 Å². The maximum atomic E-state index is 5.47. The molecular weight excluding hydrogens is 1750 g/mol. The Kier molecular flexibility index (Phi) is 16.3. The van der Waals surface area contributed by atoms with Crippen LogP contribution in [0.1, 0.15) is 0 Å². The van der Waals surface area contributed by atoms with E-state index in [4.69, 9.17) is 29.9 Å². The van der Waals surface area contributed by atoms with Gasteiger partial charge in [0.05, 0.1) is 99.3 Å². The molecule has 0 N–H and O–H groups in total. The lowest BCUT2D eigenvalue weighted by molar-refractivity contribution is 1.08. The van der Waals surface area contributed by atoms with Crippen LogP contribution in [0.25, 0.3) is 307 Å². The van der Waals surface area contributed by atoms with E-state index in [9.17, 15) is 0 Å². The Bertz CT molecular complexity index is 11500. The molecule has 0 aliphatic carbocycles. The second kappa shape index (κ2) is 30.0. The Balaban J connectivity index is 0.0000000968. The molecule has 0 saturated carbocycles. The van der Waals surface area contributed by atoms with Crippen molar-refractivity contribution in [2.24, 2.45) is 0 Å². The molecule has 0 unspecified atom stereocenters. The molecule has 0 saturated heterocycles. The van der Waals surface area contributed by atoms with Crippen LogP contribution >= 0.6 is 0 Å². The van der Waals surface area contributed by atoms with Crippen molar-refractivity contribution in [1.29, 1.82) is 0 Å². The van der Waals surface area contributed by atoms with Gasteiger partial charge < -0.3 is 13.2 Å². The molecule has 0 spiro atoms. The van der Waals surface area contributed by atoms with E-state index >= 15 is 0 Å². The van der Waals surface area contributed by atoms with Gasteiger partial charge in [0.1, 0.15) is 17.5 Å². The number of para-hydroxylation sites is 12. The minimum absolute atomic E-state index is 0.708. The summed E-state index contributed by atoms with van der Waals surface area (Å²) in [5, 5.41) is 32.9. The van der Waals surface area contributed by atoms with Crippen molar-refractivity contribution in [1.82, 2.24) is 56.8 Å². The third-order valence-corrected chi connectivity index (χ3v) is 30.7. The molecule has 0 fully saturated rings. The molecule has 0 aliphatic rings. The summed E-state index contributed by atoms with van der Waals surface area (Å²) in [4.78, 5) is 31.8. The Morgan fingerprint density at radius 2 is 0.424 bits per heavy atom. The summed E-state index contributed by atoms with van der Waals surface area (Å²) in [5.41, 5.74) is 26.2. The number of hydrogen-bond donors (Lipinski definition) is 0. The van der Waals surface area contributed by atoms with Crippen LogP contribution in [-0.2, 0) is 0 Å². The molecule has 0 radical (unpaired) electrons. The summed E-state index contributed by atoms with van der Waals surface area (Å²) in [7, 11) is 0. The van der Waals surface area contributed by atoms with Crippen molar-refractivity contribution in [3.05, 3.63) is 461 Å². The normalized spacial score (nSPS) is 12.3. The van der Waals surface area contributed by atoms with Crippen molar-refractivity contribution >= 4 is 245 Å². The van der Waals surface area contributed by atoms with Gasteiger partial charge in [-0.05, 0) is 165 Å². The molecule has 22 aromatic carbocycles. The highest BCUT2D eigenvalue weighted by molar-refractivity contribution is 6.39. The maximum Gasteiger partial charge on any atom is 0.162 e. The van der Waals surface area contributed by atoms with E-state index in [1.54, 1.807) is 0 Å². The largest absolute Gasteiger partial charge is 0.308 e. The van der Waals surface area contributed by atoms with Gasteiger partial charge in [-0.1, -0.05) is 340 Å². The zero-order valence-electron chi connectivity index (χ0n) is 77.2.